The Labute approximate surface area is 131 Å². The van der Waals surface area contributed by atoms with Crippen molar-refractivity contribution < 1.29 is 4.79 Å². The molecule has 0 aliphatic carbocycles. The molecule has 5 heteroatoms. The van der Waals surface area contributed by atoms with Gasteiger partial charge in [-0.1, -0.05) is 13.8 Å². The summed E-state index contributed by atoms with van der Waals surface area (Å²) in [5, 5.41) is 6.14. The van der Waals surface area contributed by atoms with Crippen molar-refractivity contribution in [3.63, 3.8) is 0 Å². The smallest absolute Gasteiger partial charge is 0.269 e. The second-order valence-corrected chi connectivity index (χ2v) is 5.58. The Balaban J connectivity index is 1.83. The molecule has 1 amide bonds. The predicted octanol–water partition coefficient (Wildman–Crippen LogP) is 2.86. The van der Waals surface area contributed by atoms with Crippen LogP contribution < -0.4 is 10.6 Å². The highest BCUT2D eigenvalue weighted by atomic mass is 16.1. The Kier molecular flexibility index (Phi) is 5.89. The molecule has 2 heterocycles. The van der Waals surface area contributed by atoms with Crippen LogP contribution in [-0.4, -0.2) is 22.4 Å². The average molecular weight is 298 g/mol. The number of rotatable bonds is 7. The van der Waals surface area contributed by atoms with Gasteiger partial charge in [0.2, 0.25) is 0 Å². The molecule has 2 rings (SSSR count). The molecule has 0 aliphatic heterocycles. The quantitative estimate of drug-likeness (QED) is 0.825. The van der Waals surface area contributed by atoms with Crippen LogP contribution in [0, 0.1) is 5.92 Å². The molecule has 2 aromatic rings. The lowest BCUT2D eigenvalue weighted by Crippen LogP contribution is -2.26. The highest BCUT2D eigenvalue weighted by molar-refractivity contribution is 5.92. The molecule has 2 aromatic heterocycles. The fraction of sp³-hybridized carbons (Fsp3) is 0.353. The lowest BCUT2D eigenvalue weighted by Gasteiger charge is -2.08. The van der Waals surface area contributed by atoms with Gasteiger partial charge in [0.25, 0.3) is 5.91 Å². The van der Waals surface area contributed by atoms with E-state index in [0.717, 1.165) is 17.7 Å². The maximum absolute atomic E-state index is 11.9. The fourth-order valence-electron chi connectivity index (χ4n) is 1.90. The van der Waals surface area contributed by atoms with Crippen LogP contribution in [0.4, 0.5) is 5.69 Å². The van der Waals surface area contributed by atoms with Gasteiger partial charge in [-0.25, -0.2) is 4.98 Å². The summed E-state index contributed by atoms with van der Waals surface area (Å²) in [7, 11) is 0. The molecule has 0 radical (unpaired) electrons. The first-order valence-electron chi connectivity index (χ1n) is 7.52. The van der Waals surface area contributed by atoms with Gasteiger partial charge in [0.1, 0.15) is 5.69 Å². The van der Waals surface area contributed by atoms with Crippen LogP contribution in [0.15, 0.2) is 42.9 Å². The van der Waals surface area contributed by atoms with E-state index in [1.807, 2.05) is 18.2 Å². The first-order valence-corrected chi connectivity index (χ1v) is 7.52. The summed E-state index contributed by atoms with van der Waals surface area (Å²) in [6.45, 7) is 5.64. The van der Waals surface area contributed by atoms with E-state index in [2.05, 4.69) is 34.4 Å². The first kappa shape index (κ1) is 15.9. The largest absolute Gasteiger partial charge is 0.380 e. The predicted molar refractivity (Wildman–Crippen MR) is 87.6 cm³/mol. The van der Waals surface area contributed by atoms with Crippen LogP contribution in [0.2, 0.25) is 0 Å². The molecular weight excluding hydrogens is 276 g/mol. The normalized spacial score (nSPS) is 10.5. The van der Waals surface area contributed by atoms with Gasteiger partial charge in [0, 0.05) is 25.5 Å². The zero-order valence-electron chi connectivity index (χ0n) is 13.0. The van der Waals surface area contributed by atoms with E-state index in [-0.39, 0.29) is 5.91 Å². The fourth-order valence-corrected chi connectivity index (χ4v) is 1.90. The van der Waals surface area contributed by atoms with Crippen molar-refractivity contribution in [2.24, 2.45) is 5.92 Å². The van der Waals surface area contributed by atoms with Gasteiger partial charge in [0.05, 0.1) is 11.9 Å². The molecule has 0 bridgehead atoms. The minimum absolute atomic E-state index is 0.124. The molecular formula is C17H22N4O. The maximum Gasteiger partial charge on any atom is 0.269 e. The number of nitrogens with one attached hydrogen (secondary N) is 2. The molecule has 0 atom stereocenters. The number of pyridine rings is 2. The average Bonchev–Trinajstić information content (AvgIpc) is 2.54. The van der Waals surface area contributed by atoms with E-state index in [1.54, 1.807) is 24.7 Å². The second-order valence-electron chi connectivity index (χ2n) is 5.58. The zero-order chi connectivity index (χ0) is 15.8. The summed E-state index contributed by atoms with van der Waals surface area (Å²) in [6, 6.07) is 7.51. The van der Waals surface area contributed by atoms with E-state index in [9.17, 15) is 4.79 Å². The summed E-state index contributed by atoms with van der Waals surface area (Å²) in [4.78, 5) is 20.1. The Hall–Kier alpha value is -2.43. The van der Waals surface area contributed by atoms with Crippen molar-refractivity contribution in [3.05, 3.63) is 54.1 Å². The SMILES string of the molecule is CC(C)CCNC(=O)c1ccc(NCc2ccncc2)cn1. The third kappa shape index (κ3) is 5.16. The van der Waals surface area contributed by atoms with Crippen molar-refractivity contribution in [2.75, 3.05) is 11.9 Å². The molecule has 2 N–H and O–H groups in total. The van der Waals surface area contributed by atoms with Gasteiger partial charge < -0.3 is 10.6 Å². The minimum atomic E-state index is -0.124. The molecule has 5 nitrogen and oxygen atoms in total. The number of amides is 1. The van der Waals surface area contributed by atoms with E-state index in [1.165, 1.54) is 0 Å². The first-order chi connectivity index (χ1) is 10.6. The molecule has 116 valence electrons. The number of carbonyl (C=O) groups is 1. The zero-order valence-corrected chi connectivity index (χ0v) is 13.0. The molecule has 22 heavy (non-hydrogen) atoms. The summed E-state index contributed by atoms with van der Waals surface area (Å²) in [6.07, 6.45) is 6.18. The summed E-state index contributed by atoms with van der Waals surface area (Å²) in [5.41, 5.74) is 2.47. The van der Waals surface area contributed by atoms with Gasteiger partial charge in [-0.3, -0.25) is 9.78 Å². The Morgan fingerprint density at radius 1 is 1.18 bits per heavy atom. The van der Waals surface area contributed by atoms with Crippen LogP contribution >= 0.6 is 0 Å². The number of nitrogens with zero attached hydrogens (tertiary/aromatic N) is 2. The van der Waals surface area contributed by atoms with Gasteiger partial charge in [-0.05, 0) is 42.2 Å². The molecule has 0 aromatic carbocycles. The van der Waals surface area contributed by atoms with Crippen LogP contribution in [0.1, 0.15) is 36.3 Å². The third-order valence-electron chi connectivity index (χ3n) is 3.25. The van der Waals surface area contributed by atoms with Crippen LogP contribution in [0.3, 0.4) is 0 Å². The Morgan fingerprint density at radius 3 is 2.59 bits per heavy atom. The van der Waals surface area contributed by atoms with Crippen molar-refractivity contribution in [2.45, 2.75) is 26.8 Å². The summed E-state index contributed by atoms with van der Waals surface area (Å²) < 4.78 is 0. The molecule has 0 unspecified atom stereocenters. The van der Waals surface area contributed by atoms with Crippen LogP contribution in [0.25, 0.3) is 0 Å². The minimum Gasteiger partial charge on any atom is -0.380 e. The Bertz CT molecular complexity index is 581. The number of carbonyl (C=O) groups excluding carboxylic acids is 1. The lowest BCUT2D eigenvalue weighted by molar-refractivity contribution is 0.0947. The van der Waals surface area contributed by atoms with Gasteiger partial charge in [-0.2, -0.15) is 0 Å². The summed E-state index contributed by atoms with van der Waals surface area (Å²) >= 11 is 0. The van der Waals surface area contributed by atoms with Crippen molar-refractivity contribution >= 4 is 11.6 Å². The molecule has 0 fully saturated rings. The number of hydrogen-bond donors (Lipinski definition) is 2. The lowest BCUT2D eigenvalue weighted by atomic mass is 10.1. The molecule has 0 saturated heterocycles. The summed E-state index contributed by atoms with van der Waals surface area (Å²) in [5.74, 6) is 0.453. The molecule has 0 aliphatic rings. The topological polar surface area (TPSA) is 66.9 Å². The number of aromatic nitrogens is 2. The van der Waals surface area contributed by atoms with Gasteiger partial charge in [-0.15, -0.1) is 0 Å². The maximum atomic E-state index is 11.9. The highest BCUT2D eigenvalue weighted by Gasteiger charge is 2.06. The van der Waals surface area contributed by atoms with Gasteiger partial charge in [0.15, 0.2) is 0 Å². The van der Waals surface area contributed by atoms with Crippen LogP contribution in [0.5, 0.6) is 0 Å². The monoisotopic (exact) mass is 298 g/mol. The van der Waals surface area contributed by atoms with Crippen molar-refractivity contribution in [1.29, 1.82) is 0 Å². The second kappa shape index (κ2) is 8.12. The van der Waals surface area contributed by atoms with E-state index < -0.39 is 0 Å². The standard InChI is InChI=1S/C17H22N4O/c1-13(2)5-10-19-17(22)16-4-3-15(12-21-16)20-11-14-6-8-18-9-7-14/h3-4,6-9,12-13,20H,5,10-11H2,1-2H3,(H,19,22). The van der Waals surface area contributed by atoms with Gasteiger partial charge >= 0.3 is 0 Å². The van der Waals surface area contributed by atoms with E-state index >= 15 is 0 Å². The molecule has 0 spiro atoms. The number of anilines is 1. The third-order valence-corrected chi connectivity index (χ3v) is 3.25. The van der Waals surface area contributed by atoms with Crippen molar-refractivity contribution in [1.82, 2.24) is 15.3 Å². The molecule has 0 saturated carbocycles. The van der Waals surface area contributed by atoms with Crippen LogP contribution in [-0.2, 0) is 6.54 Å². The van der Waals surface area contributed by atoms with E-state index in [0.29, 0.717) is 24.7 Å². The van der Waals surface area contributed by atoms with Crippen molar-refractivity contribution in [3.8, 4) is 0 Å². The number of hydrogen-bond acceptors (Lipinski definition) is 4. The Morgan fingerprint density at radius 2 is 1.95 bits per heavy atom. The van der Waals surface area contributed by atoms with E-state index in [4.69, 9.17) is 0 Å². The highest BCUT2D eigenvalue weighted by Crippen LogP contribution is 2.08.